The van der Waals surface area contributed by atoms with E-state index in [4.69, 9.17) is 4.74 Å². The molecule has 1 heterocycles. The number of nitrogens with zero attached hydrogens (tertiary/aromatic N) is 1. The summed E-state index contributed by atoms with van der Waals surface area (Å²) in [6.45, 7) is 0. The lowest BCUT2D eigenvalue weighted by atomic mass is 10.0. The molecule has 2 aliphatic rings. The highest BCUT2D eigenvalue weighted by Crippen LogP contribution is 2.25. The Morgan fingerprint density at radius 1 is 1.07 bits per heavy atom. The molecule has 0 aromatic heterocycles. The van der Waals surface area contributed by atoms with Gasteiger partial charge in [0.15, 0.2) is 5.90 Å². The highest BCUT2D eigenvalue weighted by Gasteiger charge is 2.19. The minimum atomic E-state index is 0.546. The predicted molar refractivity (Wildman–Crippen MR) is 58.0 cm³/mol. The minimum absolute atomic E-state index is 0.546. The van der Waals surface area contributed by atoms with Crippen molar-refractivity contribution in [2.75, 3.05) is 0 Å². The molecule has 0 aromatic carbocycles. The van der Waals surface area contributed by atoms with Crippen LogP contribution in [0, 0.1) is 5.92 Å². The smallest absolute Gasteiger partial charge is 0.196 e. The van der Waals surface area contributed by atoms with Crippen LogP contribution in [0.2, 0.25) is 0 Å². The SMILES string of the molecule is C1=CN=C(C2CCCCCC2)OC=C1. The van der Waals surface area contributed by atoms with E-state index >= 15 is 0 Å². The van der Waals surface area contributed by atoms with Gasteiger partial charge in [0, 0.05) is 12.1 Å². The lowest BCUT2D eigenvalue weighted by Gasteiger charge is -2.14. The summed E-state index contributed by atoms with van der Waals surface area (Å²) in [6.07, 6.45) is 15.2. The molecule has 0 amide bonds. The van der Waals surface area contributed by atoms with Crippen LogP contribution in [-0.4, -0.2) is 5.90 Å². The van der Waals surface area contributed by atoms with Gasteiger partial charge < -0.3 is 4.74 Å². The Labute approximate surface area is 85.4 Å². The van der Waals surface area contributed by atoms with E-state index in [2.05, 4.69) is 4.99 Å². The maximum absolute atomic E-state index is 5.50. The lowest BCUT2D eigenvalue weighted by Crippen LogP contribution is -2.14. The van der Waals surface area contributed by atoms with Crippen molar-refractivity contribution in [1.82, 2.24) is 0 Å². The molecule has 0 bridgehead atoms. The molecule has 0 unspecified atom stereocenters. The third-order valence-electron chi connectivity index (χ3n) is 2.87. The minimum Gasteiger partial charge on any atom is -0.450 e. The van der Waals surface area contributed by atoms with Gasteiger partial charge in [-0.05, 0) is 25.0 Å². The normalized spacial score (nSPS) is 23.6. The van der Waals surface area contributed by atoms with E-state index in [-0.39, 0.29) is 0 Å². The standard InChI is InChI=1S/C12H17NO/c1-2-4-8-11(7-3-1)12-13-9-5-6-10-14-12/h5-6,9-11H,1-4,7-8H2. The Morgan fingerprint density at radius 3 is 2.64 bits per heavy atom. The molecule has 0 atom stereocenters. The third kappa shape index (κ3) is 2.47. The fourth-order valence-electron chi connectivity index (χ4n) is 2.08. The van der Waals surface area contributed by atoms with E-state index in [1.165, 1.54) is 38.5 Å². The Hall–Kier alpha value is -1.05. The molecule has 14 heavy (non-hydrogen) atoms. The van der Waals surface area contributed by atoms with Crippen LogP contribution in [0.4, 0.5) is 0 Å². The summed E-state index contributed by atoms with van der Waals surface area (Å²) in [5.74, 6) is 1.46. The van der Waals surface area contributed by atoms with Crippen molar-refractivity contribution < 1.29 is 4.74 Å². The van der Waals surface area contributed by atoms with Crippen molar-refractivity contribution >= 4 is 5.90 Å². The van der Waals surface area contributed by atoms with E-state index < -0.39 is 0 Å². The second-order valence-electron chi connectivity index (χ2n) is 3.94. The van der Waals surface area contributed by atoms with E-state index in [0.717, 1.165) is 5.90 Å². The van der Waals surface area contributed by atoms with Crippen molar-refractivity contribution in [1.29, 1.82) is 0 Å². The molecule has 0 aromatic rings. The zero-order valence-corrected chi connectivity index (χ0v) is 8.48. The zero-order chi connectivity index (χ0) is 9.64. The topological polar surface area (TPSA) is 21.6 Å². The summed E-state index contributed by atoms with van der Waals surface area (Å²) < 4.78 is 5.50. The van der Waals surface area contributed by atoms with Gasteiger partial charge in [0.05, 0.1) is 6.26 Å². The van der Waals surface area contributed by atoms with Crippen LogP contribution in [-0.2, 0) is 4.74 Å². The average Bonchev–Trinajstić information content (AvgIpc) is 2.62. The Kier molecular flexibility index (Phi) is 3.39. The number of allylic oxidation sites excluding steroid dienone is 2. The van der Waals surface area contributed by atoms with Gasteiger partial charge in [-0.2, -0.15) is 0 Å². The fraction of sp³-hybridized carbons (Fsp3) is 0.583. The van der Waals surface area contributed by atoms with Crippen LogP contribution in [0.5, 0.6) is 0 Å². The molecule has 1 aliphatic carbocycles. The predicted octanol–water partition coefficient (Wildman–Crippen LogP) is 3.41. The van der Waals surface area contributed by atoms with Crippen molar-refractivity contribution in [3.8, 4) is 0 Å². The number of ether oxygens (including phenoxy) is 1. The van der Waals surface area contributed by atoms with Gasteiger partial charge in [-0.25, -0.2) is 4.99 Å². The van der Waals surface area contributed by atoms with Crippen molar-refractivity contribution in [3.63, 3.8) is 0 Å². The number of rotatable bonds is 1. The van der Waals surface area contributed by atoms with Crippen molar-refractivity contribution in [2.24, 2.45) is 10.9 Å². The van der Waals surface area contributed by atoms with Gasteiger partial charge in [-0.1, -0.05) is 25.7 Å². The van der Waals surface area contributed by atoms with Crippen LogP contribution in [0.15, 0.2) is 29.6 Å². The molecule has 2 nitrogen and oxygen atoms in total. The summed E-state index contributed by atoms with van der Waals surface area (Å²) in [6, 6.07) is 0. The molecule has 2 rings (SSSR count). The van der Waals surface area contributed by atoms with E-state index in [1.54, 1.807) is 6.26 Å². The molecular weight excluding hydrogens is 174 g/mol. The molecular formula is C12H17NO. The monoisotopic (exact) mass is 191 g/mol. The molecule has 1 fully saturated rings. The van der Waals surface area contributed by atoms with E-state index in [9.17, 15) is 0 Å². The fourth-order valence-corrected chi connectivity index (χ4v) is 2.08. The second-order valence-corrected chi connectivity index (χ2v) is 3.94. The van der Waals surface area contributed by atoms with Crippen LogP contribution in [0.25, 0.3) is 0 Å². The summed E-state index contributed by atoms with van der Waals surface area (Å²) in [5, 5.41) is 0. The maximum Gasteiger partial charge on any atom is 0.196 e. The van der Waals surface area contributed by atoms with E-state index in [1.807, 2.05) is 18.4 Å². The summed E-state index contributed by atoms with van der Waals surface area (Å²) in [5.41, 5.74) is 0. The third-order valence-corrected chi connectivity index (χ3v) is 2.87. The van der Waals surface area contributed by atoms with Crippen molar-refractivity contribution in [3.05, 3.63) is 24.6 Å². The van der Waals surface area contributed by atoms with Crippen LogP contribution < -0.4 is 0 Å². The number of aliphatic imine (C=N–C) groups is 1. The Morgan fingerprint density at radius 2 is 1.86 bits per heavy atom. The quantitative estimate of drug-likeness (QED) is 0.582. The van der Waals surface area contributed by atoms with Gasteiger partial charge >= 0.3 is 0 Å². The molecule has 0 N–H and O–H groups in total. The maximum atomic E-state index is 5.50. The van der Waals surface area contributed by atoms with Gasteiger partial charge in [-0.3, -0.25) is 0 Å². The van der Waals surface area contributed by atoms with Gasteiger partial charge in [0.2, 0.25) is 0 Å². The lowest BCUT2D eigenvalue weighted by molar-refractivity contribution is 0.405. The molecule has 0 radical (unpaired) electrons. The zero-order valence-electron chi connectivity index (χ0n) is 8.48. The highest BCUT2D eigenvalue weighted by atomic mass is 16.5. The summed E-state index contributed by atoms with van der Waals surface area (Å²) >= 11 is 0. The highest BCUT2D eigenvalue weighted by molar-refractivity contribution is 5.80. The molecule has 0 spiro atoms. The molecule has 0 saturated heterocycles. The average molecular weight is 191 g/mol. The van der Waals surface area contributed by atoms with Crippen LogP contribution >= 0.6 is 0 Å². The molecule has 76 valence electrons. The number of hydrogen-bond acceptors (Lipinski definition) is 2. The van der Waals surface area contributed by atoms with Gasteiger partial charge in [0.1, 0.15) is 0 Å². The van der Waals surface area contributed by atoms with Gasteiger partial charge in [0.25, 0.3) is 0 Å². The summed E-state index contributed by atoms with van der Waals surface area (Å²) in [7, 11) is 0. The van der Waals surface area contributed by atoms with Gasteiger partial charge in [-0.15, -0.1) is 0 Å². The molecule has 2 heteroatoms. The van der Waals surface area contributed by atoms with Crippen LogP contribution in [0.3, 0.4) is 0 Å². The summed E-state index contributed by atoms with van der Waals surface area (Å²) in [4.78, 5) is 4.34. The largest absolute Gasteiger partial charge is 0.450 e. The first-order chi connectivity index (χ1) is 6.97. The second kappa shape index (κ2) is 4.99. The number of hydrogen-bond donors (Lipinski definition) is 0. The molecule has 1 aliphatic heterocycles. The first-order valence-corrected chi connectivity index (χ1v) is 5.53. The van der Waals surface area contributed by atoms with E-state index in [0.29, 0.717) is 5.92 Å². The first-order valence-electron chi connectivity index (χ1n) is 5.53. The Balaban J connectivity index is 2.01. The first kappa shape index (κ1) is 9.50. The van der Waals surface area contributed by atoms with Crippen molar-refractivity contribution in [2.45, 2.75) is 38.5 Å². The molecule has 1 saturated carbocycles. The van der Waals surface area contributed by atoms with Crippen LogP contribution in [0.1, 0.15) is 38.5 Å². The Bertz CT molecular complexity index is 257.